The van der Waals surface area contributed by atoms with Crippen LogP contribution < -0.4 is 69.3 Å². The van der Waals surface area contributed by atoms with Gasteiger partial charge in [0.1, 0.15) is 0 Å². The van der Waals surface area contributed by atoms with Crippen molar-refractivity contribution in [2.24, 2.45) is 9.98 Å². The molecular weight excluding hydrogens is 490 g/mol. The van der Waals surface area contributed by atoms with Crippen molar-refractivity contribution in [3.63, 3.8) is 0 Å². The van der Waals surface area contributed by atoms with Crippen LogP contribution in [0, 0.1) is 0 Å². The van der Waals surface area contributed by atoms with Gasteiger partial charge in [-0.3, -0.25) is 9.98 Å². The van der Waals surface area contributed by atoms with Crippen LogP contribution in [0.15, 0.2) is 107 Å². The fourth-order valence-corrected chi connectivity index (χ4v) is 4.79. The number of nitrogens with zero attached hydrogens (tertiary/aromatic N) is 2. The molecule has 5 rings (SSSR count). The minimum Gasteiger partial charge on any atom is -0.872 e. The molecule has 0 bridgehead atoms. The molecule has 2 atom stereocenters. The Morgan fingerprint density at radius 1 is 0.526 bits per heavy atom. The van der Waals surface area contributed by atoms with Crippen molar-refractivity contribution in [2.75, 3.05) is 0 Å². The SMILES string of the molecule is [Na+].[Na+].[O-]c1c(C=N[C@@H]2CCCC[C@H]2N=Cc2cccc(-c3ccccc3)c2[O-])cccc1-c1ccccc1. The first-order chi connectivity index (χ1) is 17.7. The molecule has 6 heteroatoms. The molecule has 0 aromatic heterocycles. The molecule has 180 valence electrons. The van der Waals surface area contributed by atoms with E-state index in [0.717, 1.165) is 36.8 Å². The van der Waals surface area contributed by atoms with Crippen molar-refractivity contribution >= 4 is 12.4 Å². The Kier molecular flexibility index (Phi) is 11.9. The summed E-state index contributed by atoms with van der Waals surface area (Å²) in [6.45, 7) is 0. The molecule has 1 fully saturated rings. The van der Waals surface area contributed by atoms with Crippen LogP contribution in [0.2, 0.25) is 0 Å². The zero-order chi connectivity index (χ0) is 24.7. The van der Waals surface area contributed by atoms with E-state index in [2.05, 4.69) is 0 Å². The molecule has 4 aromatic rings. The van der Waals surface area contributed by atoms with E-state index in [9.17, 15) is 10.2 Å². The number of rotatable bonds is 6. The Labute approximate surface area is 269 Å². The Morgan fingerprint density at radius 2 is 0.921 bits per heavy atom. The third-order valence-corrected chi connectivity index (χ3v) is 6.76. The van der Waals surface area contributed by atoms with Crippen LogP contribution in [0.5, 0.6) is 11.5 Å². The third-order valence-electron chi connectivity index (χ3n) is 6.76. The fraction of sp³-hybridized carbons (Fsp3) is 0.188. The van der Waals surface area contributed by atoms with Crippen LogP contribution in [0.1, 0.15) is 36.8 Å². The smallest absolute Gasteiger partial charge is 0.872 e. The summed E-state index contributed by atoms with van der Waals surface area (Å²) in [6, 6.07) is 30.5. The van der Waals surface area contributed by atoms with Gasteiger partial charge in [-0.05, 0) is 46.2 Å². The molecular formula is C32H28N2Na2O2. The van der Waals surface area contributed by atoms with Gasteiger partial charge in [0.25, 0.3) is 0 Å². The minimum absolute atomic E-state index is 0. The van der Waals surface area contributed by atoms with Crippen LogP contribution in [0.25, 0.3) is 22.3 Å². The van der Waals surface area contributed by atoms with E-state index in [0.29, 0.717) is 22.3 Å². The van der Waals surface area contributed by atoms with Crippen LogP contribution in [-0.4, -0.2) is 24.5 Å². The number of hydrogen-bond acceptors (Lipinski definition) is 4. The predicted octanol–water partition coefficient (Wildman–Crippen LogP) is 0.0250. The normalized spacial score (nSPS) is 17.2. The van der Waals surface area contributed by atoms with Crippen molar-refractivity contribution < 1.29 is 69.3 Å². The van der Waals surface area contributed by atoms with E-state index in [1.54, 1.807) is 12.4 Å². The van der Waals surface area contributed by atoms with Gasteiger partial charge in [-0.25, -0.2) is 0 Å². The van der Waals surface area contributed by atoms with Gasteiger partial charge in [-0.2, -0.15) is 0 Å². The van der Waals surface area contributed by atoms with Gasteiger partial charge in [-0.1, -0.05) is 121 Å². The van der Waals surface area contributed by atoms with Gasteiger partial charge < -0.3 is 10.2 Å². The molecule has 0 spiro atoms. The Balaban J connectivity index is 0.00000200. The maximum Gasteiger partial charge on any atom is 1.00 e. The first kappa shape index (κ1) is 30.4. The maximum atomic E-state index is 13.1. The molecule has 0 unspecified atom stereocenters. The minimum atomic E-state index is -0.0166. The summed E-state index contributed by atoms with van der Waals surface area (Å²) in [5, 5.41) is 26.1. The van der Waals surface area contributed by atoms with Gasteiger partial charge >= 0.3 is 59.1 Å². The zero-order valence-electron chi connectivity index (χ0n) is 22.1. The molecule has 0 amide bonds. The Hall–Kier alpha value is -2.18. The standard InChI is InChI=1S/C32H30N2O2.2Na/c35-31-25(15-9-17-27(31)23-11-3-1-4-12-23)21-33-29-19-7-8-20-30(29)34-22-26-16-10-18-28(32(26)36)24-13-5-2-6-14-24;;/h1-6,9-18,21-22,29-30,35-36H,7-8,19-20H2;;/q;2*+1/p-2/t29-,30-;;/m1../s1. The van der Waals surface area contributed by atoms with Crippen LogP contribution in [-0.2, 0) is 0 Å². The first-order valence-corrected chi connectivity index (χ1v) is 12.5. The van der Waals surface area contributed by atoms with Crippen molar-refractivity contribution in [3.8, 4) is 33.8 Å². The van der Waals surface area contributed by atoms with E-state index in [1.807, 2.05) is 97.1 Å². The average Bonchev–Trinajstić information content (AvgIpc) is 2.93. The molecule has 1 aliphatic carbocycles. The summed E-state index contributed by atoms with van der Waals surface area (Å²) < 4.78 is 0. The summed E-state index contributed by atoms with van der Waals surface area (Å²) in [6.07, 6.45) is 7.42. The molecule has 4 nitrogen and oxygen atoms in total. The second-order valence-electron chi connectivity index (χ2n) is 9.16. The van der Waals surface area contributed by atoms with E-state index in [-0.39, 0.29) is 82.7 Å². The average molecular weight is 519 g/mol. The Bertz CT molecular complexity index is 1270. The summed E-state index contributed by atoms with van der Waals surface area (Å²) in [7, 11) is 0. The summed E-state index contributed by atoms with van der Waals surface area (Å²) >= 11 is 0. The second-order valence-corrected chi connectivity index (χ2v) is 9.16. The summed E-state index contributed by atoms with van der Waals surface area (Å²) in [5.41, 5.74) is 4.34. The van der Waals surface area contributed by atoms with Gasteiger partial charge in [0.2, 0.25) is 0 Å². The number of benzene rings is 4. The van der Waals surface area contributed by atoms with E-state index in [4.69, 9.17) is 9.98 Å². The van der Waals surface area contributed by atoms with Crippen LogP contribution in [0.4, 0.5) is 0 Å². The molecule has 0 N–H and O–H groups in total. The molecule has 38 heavy (non-hydrogen) atoms. The number of hydrogen-bond donors (Lipinski definition) is 0. The monoisotopic (exact) mass is 518 g/mol. The van der Waals surface area contributed by atoms with Crippen molar-refractivity contribution in [3.05, 3.63) is 108 Å². The topological polar surface area (TPSA) is 70.8 Å². The predicted molar refractivity (Wildman–Crippen MR) is 144 cm³/mol. The van der Waals surface area contributed by atoms with Crippen molar-refractivity contribution in [2.45, 2.75) is 37.8 Å². The largest absolute Gasteiger partial charge is 1.00 e. The summed E-state index contributed by atoms with van der Waals surface area (Å²) in [4.78, 5) is 9.63. The second kappa shape index (κ2) is 14.8. The van der Waals surface area contributed by atoms with E-state index >= 15 is 0 Å². The quantitative estimate of drug-likeness (QED) is 0.267. The molecule has 4 aromatic carbocycles. The fourth-order valence-electron chi connectivity index (χ4n) is 4.79. The van der Waals surface area contributed by atoms with Crippen molar-refractivity contribution in [1.29, 1.82) is 0 Å². The van der Waals surface area contributed by atoms with E-state index in [1.165, 1.54) is 0 Å². The first-order valence-electron chi connectivity index (χ1n) is 12.5. The summed E-state index contributed by atoms with van der Waals surface area (Å²) in [5.74, 6) is -0.0333. The maximum absolute atomic E-state index is 13.1. The van der Waals surface area contributed by atoms with Gasteiger partial charge in [-0.15, -0.1) is 0 Å². The molecule has 1 saturated carbocycles. The molecule has 1 aliphatic rings. The molecule has 0 radical (unpaired) electrons. The molecule has 0 saturated heterocycles. The van der Waals surface area contributed by atoms with E-state index < -0.39 is 0 Å². The van der Waals surface area contributed by atoms with Gasteiger partial charge in [0.15, 0.2) is 0 Å². The number of para-hydroxylation sites is 2. The van der Waals surface area contributed by atoms with Crippen LogP contribution >= 0.6 is 0 Å². The molecule has 0 aliphatic heterocycles. The third kappa shape index (κ3) is 7.26. The number of aliphatic imine (C=N–C) groups is 2. The van der Waals surface area contributed by atoms with Crippen LogP contribution in [0.3, 0.4) is 0 Å². The zero-order valence-corrected chi connectivity index (χ0v) is 26.1. The van der Waals surface area contributed by atoms with Gasteiger partial charge in [0, 0.05) is 12.4 Å². The Morgan fingerprint density at radius 3 is 1.32 bits per heavy atom. The van der Waals surface area contributed by atoms with Gasteiger partial charge in [0.05, 0.1) is 12.1 Å². The molecule has 0 heterocycles. The van der Waals surface area contributed by atoms with Crippen molar-refractivity contribution in [1.82, 2.24) is 0 Å².